The third kappa shape index (κ3) is 13.2. The lowest BCUT2D eigenvalue weighted by molar-refractivity contribution is -0.138. The summed E-state index contributed by atoms with van der Waals surface area (Å²) >= 11 is 12.8. The normalized spacial score (nSPS) is 16.6. The van der Waals surface area contributed by atoms with Crippen LogP contribution < -0.4 is 40.5 Å². The number of aliphatic hydroxyl groups excluding tert-OH is 2. The topological polar surface area (TPSA) is 213 Å². The zero-order valence-corrected chi connectivity index (χ0v) is 43.1. The zero-order chi connectivity index (χ0) is 54.7. The van der Waals surface area contributed by atoms with E-state index < -0.39 is 34.9 Å². The first-order chi connectivity index (χ1) is 35.9. The average Bonchev–Trinajstić information content (AvgIpc) is 4.00. The van der Waals surface area contributed by atoms with Crippen LogP contribution in [-0.2, 0) is 12.4 Å². The Labute approximate surface area is 443 Å². The number of carbonyl (C=O) groups is 1. The maximum Gasteiger partial charge on any atom is 0.416 e. The van der Waals surface area contributed by atoms with Gasteiger partial charge in [0.15, 0.2) is 17.5 Å². The number of aromatic nitrogens is 6. The van der Waals surface area contributed by atoms with Crippen molar-refractivity contribution in [3.8, 4) is 34.3 Å². The number of aliphatic hydroxyl groups is 2. The summed E-state index contributed by atoms with van der Waals surface area (Å²) in [6.07, 6.45) is -1.51. The highest BCUT2D eigenvalue weighted by atomic mass is 35.5. The van der Waals surface area contributed by atoms with Crippen molar-refractivity contribution in [3.63, 3.8) is 0 Å². The highest BCUT2D eigenvalue weighted by Gasteiger charge is 2.42. The summed E-state index contributed by atoms with van der Waals surface area (Å²) in [5.74, 6) is 2.01. The minimum atomic E-state index is -4.53. The Balaban J connectivity index is 0.000000173. The number of nitrogens with one attached hydrogen (secondary N) is 2. The molecule has 0 radical (unpaired) electrons. The van der Waals surface area contributed by atoms with Gasteiger partial charge in [0.2, 0.25) is 11.8 Å². The van der Waals surface area contributed by atoms with Gasteiger partial charge in [0.25, 0.3) is 0 Å². The maximum absolute atomic E-state index is 13.5. The maximum atomic E-state index is 13.5. The quantitative estimate of drug-likeness (QED) is 0.0764. The number of fused-ring (bicyclic) bond motifs is 8. The van der Waals surface area contributed by atoms with Crippen molar-refractivity contribution in [1.29, 1.82) is 0 Å². The second-order valence-electron chi connectivity index (χ2n) is 20.0. The largest absolute Gasteiger partial charge is 0.476 e. The van der Waals surface area contributed by atoms with Crippen LogP contribution in [0.3, 0.4) is 0 Å². The summed E-state index contributed by atoms with van der Waals surface area (Å²) < 4.78 is 89.7. The number of benzene rings is 2. The van der Waals surface area contributed by atoms with Gasteiger partial charge in [-0.15, -0.1) is 0 Å². The first kappa shape index (κ1) is 55.3. The summed E-state index contributed by atoms with van der Waals surface area (Å²) in [4.78, 5) is 44.5. The van der Waals surface area contributed by atoms with Gasteiger partial charge in [-0.3, -0.25) is 20.2 Å². The minimum absolute atomic E-state index is 0.0583. The molecule has 6 N–H and O–H groups in total. The molecule has 2 fully saturated rings. The number of ether oxygens (including phenoxy) is 2. The Hall–Kier alpha value is -6.95. The SMILES string of the molecule is CC(C)(CO)COc1cncc(N)n1.CC(C)(CO)COc1cncc(NC(=O)N2c3nc(-c4cccc(C(F)(F)F)c4)c(Cl)cc3N3CC[C@H]2C3)n1.FC(F)(F)c1cccc(-c2nc3c(cc2Cl)N2CC[C@@H](C2)N3)c1. The molecule has 4 aromatic heterocycles. The average molecular weight is 1100 g/mol. The highest BCUT2D eigenvalue weighted by Crippen LogP contribution is 2.45. The van der Waals surface area contributed by atoms with Crippen LogP contribution in [-0.4, -0.2) is 111 Å². The van der Waals surface area contributed by atoms with E-state index >= 15 is 0 Å². The monoisotopic (exact) mass is 1100 g/mol. The predicted octanol–water partition coefficient (Wildman–Crippen LogP) is 10.1. The molecule has 8 heterocycles. The lowest BCUT2D eigenvalue weighted by atomic mass is 9.97. The minimum Gasteiger partial charge on any atom is -0.476 e. The smallest absolute Gasteiger partial charge is 0.416 e. The number of nitrogens with zero attached hydrogens (tertiary/aromatic N) is 9. The number of rotatable bonds is 11. The molecule has 2 amide bonds. The van der Waals surface area contributed by atoms with E-state index in [1.807, 2.05) is 27.7 Å². The highest BCUT2D eigenvalue weighted by molar-refractivity contribution is 6.34. The van der Waals surface area contributed by atoms with E-state index in [0.29, 0.717) is 77.5 Å². The molecule has 2 saturated heterocycles. The molecule has 0 unspecified atom stereocenters. The van der Waals surface area contributed by atoms with Gasteiger partial charge in [-0.2, -0.15) is 36.3 Å². The van der Waals surface area contributed by atoms with E-state index in [1.54, 1.807) is 18.2 Å². The Kier molecular flexibility index (Phi) is 16.2. The molecule has 0 saturated carbocycles. The van der Waals surface area contributed by atoms with E-state index in [2.05, 4.69) is 50.3 Å². The van der Waals surface area contributed by atoms with Crippen LogP contribution in [0, 0.1) is 10.8 Å². The number of pyridine rings is 2. The molecule has 4 bridgehead atoms. The second-order valence-corrected chi connectivity index (χ2v) is 20.8. The van der Waals surface area contributed by atoms with Crippen molar-refractivity contribution in [2.45, 2.75) is 65.0 Å². The fourth-order valence-electron chi connectivity index (χ4n) is 8.40. The number of carbonyl (C=O) groups excluding carboxylic acids is 1. The van der Waals surface area contributed by atoms with Gasteiger partial charge in [0.05, 0.1) is 101 Å². The first-order valence-corrected chi connectivity index (χ1v) is 24.7. The Morgan fingerprint density at radius 3 is 1.84 bits per heavy atom. The molecule has 2 aromatic carbocycles. The number of urea groups is 1. The molecule has 4 aliphatic heterocycles. The molecular formula is C51H54Cl2F6N12O5. The van der Waals surface area contributed by atoms with Crippen molar-refractivity contribution in [3.05, 3.63) is 107 Å². The van der Waals surface area contributed by atoms with Crippen LogP contribution in [0.15, 0.2) is 85.5 Å². The van der Waals surface area contributed by atoms with Crippen molar-refractivity contribution in [1.82, 2.24) is 29.9 Å². The van der Waals surface area contributed by atoms with Crippen LogP contribution >= 0.6 is 23.2 Å². The van der Waals surface area contributed by atoms with Crippen molar-refractivity contribution >= 4 is 63.9 Å². The van der Waals surface area contributed by atoms with E-state index in [0.717, 1.165) is 49.5 Å². The molecule has 25 heteroatoms. The molecule has 0 aliphatic carbocycles. The van der Waals surface area contributed by atoms with Gasteiger partial charge in [0, 0.05) is 54.2 Å². The molecule has 2 atom stereocenters. The number of hydrogen-bond donors (Lipinski definition) is 5. The summed E-state index contributed by atoms with van der Waals surface area (Å²) in [6, 6.07) is 12.9. The third-order valence-electron chi connectivity index (χ3n) is 12.6. The molecule has 0 spiro atoms. The van der Waals surface area contributed by atoms with Gasteiger partial charge in [-0.25, -0.2) is 14.8 Å². The molecule has 404 valence electrons. The van der Waals surface area contributed by atoms with Crippen molar-refractivity contribution in [2.24, 2.45) is 10.8 Å². The van der Waals surface area contributed by atoms with Crippen molar-refractivity contribution < 1.29 is 50.8 Å². The summed E-state index contributed by atoms with van der Waals surface area (Å²) in [7, 11) is 0. The number of amides is 2. The lowest BCUT2D eigenvalue weighted by Crippen LogP contribution is -2.48. The van der Waals surface area contributed by atoms with E-state index in [1.165, 1.54) is 47.9 Å². The van der Waals surface area contributed by atoms with Gasteiger partial charge >= 0.3 is 18.4 Å². The van der Waals surface area contributed by atoms with Crippen LogP contribution in [0.2, 0.25) is 10.0 Å². The Morgan fingerprint density at radius 1 is 0.724 bits per heavy atom. The van der Waals surface area contributed by atoms with Crippen molar-refractivity contribution in [2.75, 3.05) is 83.7 Å². The van der Waals surface area contributed by atoms with E-state index in [9.17, 15) is 36.2 Å². The summed E-state index contributed by atoms with van der Waals surface area (Å²) in [6.45, 7) is 11.1. The molecule has 17 nitrogen and oxygen atoms in total. The van der Waals surface area contributed by atoms with Gasteiger partial charge in [0.1, 0.15) is 5.82 Å². The predicted molar refractivity (Wildman–Crippen MR) is 277 cm³/mol. The number of nitrogen functional groups attached to an aromatic ring is 1. The van der Waals surface area contributed by atoms with Crippen LogP contribution in [0.25, 0.3) is 22.5 Å². The van der Waals surface area contributed by atoms with Crippen LogP contribution in [0.5, 0.6) is 11.8 Å². The van der Waals surface area contributed by atoms with Gasteiger partial charge in [-0.05, 0) is 49.2 Å². The summed E-state index contributed by atoms with van der Waals surface area (Å²) in [5.41, 5.74) is 5.72. The van der Waals surface area contributed by atoms with E-state index in [4.69, 9.17) is 43.5 Å². The van der Waals surface area contributed by atoms with Gasteiger partial charge < -0.3 is 40.5 Å². The lowest BCUT2D eigenvalue weighted by Gasteiger charge is -2.36. The van der Waals surface area contributed by atoms with Gasteiger partial charge in [-0.1, -0.05) is 75.2 Å². The zero-order valence-electron chi connectivity index (χ0n) is 41.6. The fraction of sp³-hybridized carbons (Fsp3) is 0.392. The number of alkyl halides is 6. The molecular weight excluding hydrogens is 1050 g/mol. The Bertz CT molecular complexity index is 3060. The molecule has 10 rings (SSSR count). The summed E-state index contributed by atoms with van der Waals surface area (Å²) in [5, 5.41) is 25.0. The number of hydrogen-bond acceptors (Lipinski definition) is 15. The molecule has 4 aliphatic rings. The second kappa shape index (κ2) is 22.3. The third-order valence-corrected chi connectivity index (χ3v) is 13.1. The first-order valence-electron chi connectivity index (χ1n) is 23.9. The molecule has 76 heavy (non-hydrogen) atoms. The van der Waals surface area contributed by atoms with E-state index in [-0.39, 0.29) is 59.3 Å². The number of anilines is 6. The fourth-order valence-corrected chi connectivity index (χ4v) is 8.91. The number of nitrogens with two attached hydrogens (primary N) is 1. The molecule has 6 aromatic rings. The standard InChI is InChI=1S/C26H26ClF3N6O3.C16H13ClF3N3.C9H15N3O2/c1-25(2,13-37)14-39-21-11-31-10-20(32-21)33-24(38)36-17-6-7-35(12-17)19-9-18(27)22(34-23(19)36)15-4-3-5-16(8-15)26(28,29)30;17-12-7-13-15(21-11-4-5-23(13)8-11)22-14(12)9-2-1-3-10(6-9)16(18,19)20;1-9(2,5-13)6-14-8-4-11-3-7(10)12-8/h3-5,8-11,17,37H,6-7,12-14H2,1-2H3,(H,32,33,38);1-3,6-7,11H,4-5,8H2,(H,21,22);3-4,13H,5-6H2,1-2H3,(H2,10,12)/t17-;11-;/m00./s1. The number of halogens is 8. The van der Waals surface area contributed by atoms with Crippen LogP contribution in [0.1, 0.15) is 51.7 Å². The Morgan fingerprint density at radius 2 is 1.26 bits per heavy atom. The van der Waals surface area contributed by atoms with Crippen LogP contribution in [0.4, 0.5) is 65.8 Å².